The van der Waals surface area contributed by atoms with Crippen molar-refractivity contribution in [1.82, 2.24) is 13.4 Å². The van der Waals surface area contributed by atoms with E-state index in [0.29, 0.717) is 0 Å². The van der Waals surface area contributed by atoms with Gasteiger partial charge >= 0.3 is 0 Å². The lowest BCUT2D eigenvalue weighted by Crippen LogP contribution is -1.97. The Morgan fingerprint density at radius 1 is 0.276 bits per heavy atom. The molecule has 8 aromatic carbocycles. The second kappa shape index (κ2) is 10.6. The van der Waals surface area contributed by atoms with Crippen LogP contribution in [0.1, 0.15) is 0 Å². The molecule has 0 fully saturated rings. The second-order valence-corrected chi connectivity index (χ2v) is 18.7. The molecule has 0 aliphatic heterocycles. The molecule has 0 atom stereocenters. The smallest absolute Gasteiger partial charge is 0.0728 e. The van der Waals surface area contributed by atoms with Gasteiger partial charge in [-0.15, -0.1) is 34.0 Å². The summed E-state index contributed by atoms with van der Waals surface area (Å²) in [5, 5.41) is 12.9. The van der Waals surface area contributed by atoms with Crippen LogP contribution in [0, 0.1) is 0 Å². The molecule has 0 saturated heterocycles. The summed E-state index contributed by atoms with van der Waals surface area (Å²) in [7, 11) is 0. The highest BCUT2D eigenvalue weighted by Crippen LogP contribution is 2.49. The van der Waals surface area contributed by atoms with Gasteiger partial charge < -0.3 is 13.4 Å². The number of thiophene rings is 3. The molecule has 0 spiro atoms. The summed E-state index contributed by atoms with van der Waals surface area (Å²) in [5.74, 6) is 0. The summed E-state index contributed by atoms with van der Waals surface area (Å²) in [6.07, 6.45) is 0. The number of aromatic nitrogens is 3. The summed E-state index contributed by atoms with van der Waals surface area (Å²) >= 11 is 5.73. The third-order valence-electron chi connectivity index (χ3n) is 12.8. The first kappa shape index (κ1) is 30.4. The minimum absolute atomic E-state index is 1.19. The molecule has 0 unspecified atom stereocenters. The van der Waals surface area contributed by atoms with Crippen molar-refractivity contribution in [2.75, 3.05) is 0 Å². The Morgan fingerprint density at radius 3 is 1.40 bits per heavy atom. The first-order valence-electron chi connectivity index (χ1n) is 19.7. The molecule has 0 radical (unpaired) electrons. The molecule has 0 N–H and O–H groups in total. The van der Waals surface area contributed by atoms with Gasteiger partial charge in [0.2, 0.25) is 0 Å². The van der Waals surface area contributed by atoms with Crippen LogP contribution < -0.4 is 0 Å². The van der Waals surface area contributed by atoms with Crippen LogP contribution in [0.5, 0.6) is 0 Å². The molecule has 58 heavy (non-hydrogen) atoms. The molecule has 0 bridgehead atoms. The van der Waals surface area contributed by atoms with E-state index in [1.807, 2.05) is 34.0 Å². The van der Waals surface area contributed by atoms with Crippen LogP contribution >= 0.6 is 34.0 Å². The third kappa shape index (κ3) is 3.58. The fourth-order valence-corrected chi connectivity index (χ4v) is 14.1. The zero-order chi connectivity index (χ0) is 37.4. The highest BCUT2D eigenvalue weighted by Gasteiger charge is 2.25. The Bertz CT molecular complexity index is 4330. The molecule has 3 nitrogen and oxygen atoms in total. The summed E-state index contributed by atoms with van der Waals surface area (Å²) in [4.78, 5) is 0. The maximum Gasteiger partial charge on any atom is 0.0728 e. The van der Waals surface area contributed by atoms with Gasteiger partial charge in [0, 0.05) is 68.0 Å². The van der Waals surface area contributed by atoms with Crippen LogP contribution in [-0.2, 0) is 0 Å². The van der Waals surface area contributed by atoms with Crippen molar-refractivity contribution in [3.05, 3.63) is 164 Å². The molecule has 0 aliphatic carbocycles. The highest BCUT2D eigenvalue weighted by atomic mass is 32.1. The van der Waals surface area contributed by atoms with Gasteiger partial charge in [-0.1, -0.05) is 121 Å². The van der Waals surface area contributed by atoms with Crippen molar-refractivity contribution >= 4 is 160 Å². The van der Waals surface area contributed by atoms with Gasteiger partial charge in [-0.2, -0.15) is 0 Å². The number of hydrogen-bond acceptors (Lipinski definition) is 3. The lowest BCUT2D eigenvalue weighted by atomic mass is 10.1. The Kier molecular flexibility index (Phi) is 5.57. The van der Waals surface area contributed by atoms with E-state index in [2.05, 4.69) is 177 Å². The maximum absolute atomic E-state index is 2.64. The highest BCUT2D eigenvalue weighted by molar-refractivity contribution is 7.27. The molecule has 6 heteroatoms. The fourth-order valence-electron chi connectivity index (χ4n) is 10.5. The van der Waals surface area contributed by atoms with Crippen LogP contribution in [0.25, 0.3) is 132 Å². The molecule has 0 saturated carbocycles. The largest absolute Gasteiger partial charge is 0.308 e. The monoisotopic (exact) mass is 789 g/mol. The lowest BCUT2D eigenvalue weighted by molar-refractivity contribution is 1.20. The fraction of sp³-hybridized carbons (Fsp3) is 0. The minimum atomic E-state index is 1.19. The van der Waals surface area contributed by atoms with Crippen molar-refractivity contribution in [1.29, 1.82) is 0 Å². The average Bonchev–Trinajstić information content (AvgIpc) is 4.11. The first-order chi connectivity index (χ1) is 28.8. The van der Waals surface area contributed by atoms with E-state index in [9.17, 15) is 0 Å². The van der Waals surface area contributed by atoms with Crippen LogP contribution in [0.4, 0.5) is 0 Å². The SMILES string of the molecule is c1ccc2c(c1)sc1c(-n3c4ccccc4c4cc5c(cc43)n3c4c(cccc4c4sc6ccccc6c43)c3cccc4c6sc7ccccc7c6n5c34)cccc12. The minimum Gasteiger partial charge on any atom is -0.308 e. The van der Waals surface area contributed by atoms with E-state index in [1.54, 1.807) is 0 Å². The molecule has 268 valence electrons. The number of benzene rings is 8. The van der Waals surface area contributed by atoms with E-state index in [-0.39, 0.29) is 0 Å². The van der Waals surface area contributed by atoms with Crippen molar-refractivity contribution in [2.45, 2.75) is 0 Å². The summed E-state index contributed by atoms with van der Waals surface area (Å²) in [5.41, 5.74) is 11.2. The van der Waals surface area contributed by atoms with E-state index in [0.717, 1.165) is 0 Å². The normalized spacial score (nSPS) is 12.8. The summed E-state index contributed by atoms with van der Waals surface area (Å²) in [6, 6.07) is 61.6. The van der Waals surface area contributed by atoms with Gasteiger partial charge in [0.05, 0.1) is 63.9 Å². The zero-order valence-corrected chi connectivity index (χ0v) is 33.1. The Morgan fingerprint density at radius 2 is 0.741 bits per heavy atom. The van der Waals surface area contributed by atoms with E-state index in [4.69, 9.17) is 0 Å². The molecule has 7 heterocycles. The van der Waals surface area contributed by atoms with Crippen molar-refractivity contribution in [3.63, 3.8) is 0 Å². The van der Waals surface area contributed by atoms with Crippen LogP contribution in [-0.4, -0.2) is 13.4 Å². The number of para-hydroxylation sites is 3. The summed E-state index contributed by atoms with van der Waals surface area (Å²) < 4.78 is 15.8. The predicted octanol–water partition coefficient (Wildman–Crippen LogP) is 15.9. The van der Waals surface area contributed by atoms with Gasteiger partial charge in [0.25, 0.3) is 0 Å². The number of nitrogens with zero attached hydrogens (tertiary/aromatic N) is 3. The zero-order valence-electron chi connectivity index (χ0n) is 30.7. The van der Waals surface area contributed by atoms with E-state index in [1.165, 1.54) is 132 Å². The van der Waals surface area contributed by atoms with Crippen molar-refractivity contribution in [2.24, 2.45) is 0 Å². The quantitative estimate of drug-likeness (QED) is 0.157. The number of hydrogen-bond donors (Lipinski definition) is 0. The molecular formula is C52H27N3S3. The summed E-state index contributed by atoms with van der Waals surface area (Å²) in [6.45, 7) is 0. The standard InChI is InChI=1S/C52H27N3S3/c1-5-21-38-28(12-1)37-26-41-42(27-40(37)53(38)39-22-11-18-32-29-13-2-6-23-43(29)56-50(32)39)55-47-31(17-10-20-36(47)52-49(55)34-15-4-8-25-45(34)58-52)30-16-9-19-35-46(30)54(41)48-33-14-3-7-24-44(33)57-51(35)48/h1-27H. The van der Waals surface area contributed by atoms with Gasteiger partial charge in [0.15, 0.2) is 0 Å². The van der Waals surface area contributed by atoms with Crippen molar-refractivity contribution in [3.8, 4) is 5.69 Å². The van der Waals surface area contributed by atoms with Gasteiger partial charge in [-0.3, -0.25) is 0 Å². The molecular weight excluding hydrogens is 763 g/mol. The molecule has 15 rings (SSSR count). The first-order valence-corrected chi connectivity index (χ1v) is 22.1. The number of fused-ring (bicyclic) bond motifs is 20. The number of rotatable bonds is 1. The van der Waals surface area contributed by atoms with Crippen LogP contribution in [0.2, 0.25) is 0 Å². The Hall–Kier alpha value is -6.70. The maximum atomic E-state index is 2.64. The molecule has 7 aromatic heterocycles. The Labute approximate surface area is 341 Å². The topological polar surface area (TPSA) is 13.8 Å². The molecule has 0 aliphatic rings. The van der Waals surface area contributed by atoms with Gasteiger partial charge in [-0.25, -0.2) is 0 Å². The third-order valence-corrected chi connectivity index (χ3v) is 16.4. The van der Waals surface area contributed by atoms with Gasteiger partial charge in [-0.05, 0) is 42.5 Å². The van der Waals surface area contributed by atoms with Crippen LogP contribution in [0.15, 0.2) is 164 Å². The predicted molar refractivity (Wildman–Crippen MR) is 254 cm³/mol. The molecule has 15 aromatic rings. The second-order valence-electron chi connectivity index (χ2n) is 15.6. The van der Waals surface area contributed by atoms with Gasteiger partial charge in [0.1, 0.15) is 0 Å². The van der Waals surface area contributed by atoms with Crippen molar-refractivity contribution < 1.29 is 0 Å². The average molecular weight is 790 g/mol. The Balaban J connectivity index is 1.28. The van der Waals surface area contributed by atoms with E-state index >= 15 is 0 Å². The van der Waals surface area contributed by atoms with Crippen LogP contribution in [0.3, 0.4) is 0 Å². The molecule has 0 amide bonds. The lowest BCUT2D eigenvalue weighted by Gasteiger charge is -2.13. The van der Waals surface area contributed by atoms with E-state index < -0.39 is 0 Å².